The number of aliphatic hydroxyl groups is 1. The predicted molar refractivity (Wildman–Crippen MR) is 149 cm³/mol. The average Bonchev–Trinajstić information content (AvgIpc) is 3.38. The molecule has 0 fully saturated rings. The number of hydrogen-bond acceptors (Lipinski definition) is 5. The van der Waals surface area contributed by atoms with Gasteiger partial charge in [-0.05, 0) is 79.3 Å². The van der Waals surface area contributed by atoms with Crippen LogP contribution in [0.4, 0.5) is 0 Å². The third kappa shape index (κ3) is 6.99. The van der Waals surface area contributed by atoms with Crippen LogP contribution in [-0.2, 0) is 11.8 Å². The molecule has 1 heterocycles. The zero-order valence-corrected chi connectivity index (χ0v) is 23.5. The van der Waals surface area contributed by atoms with Gasteiger partial charge in [0.1, 0.15) is 11.9 Å². The molecule has 1 atom stereocenters. The lowest BCUT2D eigenvalue weighted by molar-refractivity contribution is 0.114. The third-order valence-corrected chi connectivity index (χ3v) is 7.32. The Morgan fingerprint density at radius 1 is 0.973 bits per heavy atom. The van der Waals surface area contributed by atoms with E-state index in [1.54, 1.807) is 0 Å². The fourth-order valence-electron chi connectivity index (χ4n) is 4.66. The van der Waals surface area contributed by atoms with E-state index in [-0.39, 0.29) is 10.8 Å². The van der Waals surface area contributed by atoms with Gasteiger partial charge in [-0.3, -0.25) is 0 Å². The predicted octanol–water partition coefficient (Wildman–Crippen LogP) is 6.08. The van der Waals surface area contributed by atoms with Gasteiger partial charge in [0, 0.05) is 17.4 Å². The van der Waals surface area contributed by atoms with Crippen LogP contribution in [0.25, 0.3) is 0 Å². The molecular formula is C31H42N4O2. The summed E-state index contributed by atoms with van der Waals surface area (Å²) < 4.78 is 6.10. The highest BCUT2D eigenvalue weighted by Gasteiger charge is 2.31. The van der Waals surface area contributed by atoms with Crippen LogP contribution in [-0.4, -0.2) is 38.4 Å². The first-order chi connectivity index (χ1) is 17.6. The maximum Gasteiger partial charge on any atom is 0.174 e. The van der Waals surface area contributed by atoms with E-state index in [9.17, 15) is 5.11 Å². The molecule has 0 saturated carbocycles. The minimum absolute atomic E-state index is 0.0878. The molecule has 0 aliphatic carbocycles. The Labute approximate surface area is 222 Å². The molecule has 1 aromatic heterocycles. The summed E-state index contributed by atoms with van der Waals surface area (Å²) in [6, 6.07) is 13.2. The Morgan fingerprint density at radius 3 is 2.22 bits per heavy atom. The van der Waals surface area contributed by atoms with Crippen molar-refractivity contribution in [3.8, 4) is 17.6 Å². The average molecular weight is 503 g/mol. The fourth-order valence-corrected chi connectivity index (χ4v) is 4.66. The van der Waals surface area contributed by atoms with Crippen LogP contribution in [0.3, 0.4) is 0 Å². The Bertz CT molecular complexity index is 1210. The van der Waals surface area contributed by atoms with E-state index < -0.39 is 6.10 Å². The minimum Gasteiger partial charge on any atom is -0.493 e. The van der Waals surface area contributed by atoms with Crippen LogP contribution < -0.4 is 4.74 Å². The molecule has 198 valence electrons. The first-order valence-electron chi connectivity index (χ1n) is 13.4. The van der Waals surface area contributed by atoms with Crippen LogP contribution in [0, 0.1) is 31.1 Å². The number of aromatic nitrogens is 4. The van der Waals surface area contributed by atoms with Gasteiger partial charge < -0.3 is 9.84 Å². The monoisotopic (exact) mass is 502 g/mol. The quantitative estimate of drug-likeness (QED) is 0.259. The van der Waals surface area contributed by atoms with E-state index in [0.29, 0.717) is 6.61 Å². The van der Waals surface area contributed by atoms with Crippen molar-refractivity contribution in [2.24, 2.45) is 5.41 Å². The molecule has 6 nitrogen and oxygen atoms in total. The number of nitrogens with zero attached hydrogens (tertiary/aromatic N) is 3. The number of H-pyrrole nitrogens is 1. The smallest absolute Gasteiger partial charge is 0.174 e. The molecule has 3 aromatic rings. The van der Waals surface area contributed by atoms with Gasteiger partial charge in [0.05, 0.1) is 6.61 Å². The topological polar surface area (TPSA) is 83.9 Å². The molecule has 1 unspecified atom stereocenters. The molecule has 3 rings (SSSR count). The van der Waals surface area contributed by atoms with Crippen molar-refractivity contribution in [3.05, 3.63) is 70.0 Å². The normalized spacial score (nSPS) is 12.6. The summed E-state index contributed by atoms with van der Waals surface area (Å²) in [6.07, 6.45) is 4.02. The highest BCUT2D eigenvalue weighted by Crippen LogP contribution is 2.41. The summed E-state index contributed by atoms with van der Waals surface area (Å²) in [5.41, 5.74) is 5.51. The molecule has 6 heteroatoms. The minimum atomic E-state index is -0.661. The van der Waals surface area contributed by atoms with Gasteiger partial charge in [0.15, 0.2) is 5.82 Å². The Hall–Kier alpha value is -3.17. The van der Waals surface area contributed by atoms with Crippen LogP contribution in [0.15, 0.2) is 36.4 Å². The van der Waals surface area contributed by atoms with Gasteiger partial charge in [-0.25, -0.2) is 0 Å². The number of rotatable bonds is 10. The van der Waals surface area contributed by atoms with E-state index in [2.05, 4.69) is 96.6 Å². The number of aryl methyl sites for hydroxylation is 3. The van der Waals surface area contributed by atoms with E-state index >= 15 is 0 Å². The molecule has 0 amide bonds. The maximum absolute atomic E-state index is 10.3. The second-order valence-electron chi connectivity index (χ2n) is 11.0. The molecule has 0 bridgehead atoms. The zero-order chi connectivity index (χ0) is 27.1. The lowest BCUT2D eigenvalue weighted by Crippen LogP contribution is -2.26. The van der Waals surface area contributed by atoms with Crippen LogP contribution in [0.5, 0.6) is 5.75 Å². The number of tetrazole rings is 1. The van der Waals surface area contributed by atoms with Gasteiger partial charge in [-0.15, -0.1) is 10.2 Å². The van der Waals surface area contributed by atoms with Crippen molar-refractivity contribution < 1.29 is 9.84 Å². The Kier molecular flexibility index (Phi) is 9.50. The third-order valence-electron chi connectivity index (χ3n) is 7.32. The van der Waals surface area contributed by atoms with Crippen molar-refractivity contribution in [2.75, 3.05) is 6.61 Å². The molecule has 2 aromatic carbocycles. The Morgan fingerprint density at radius 2 is 1.65 bits per heavy atom. The lowest BCUT2D eigenvalue weighted by Gasteiger charge is -2.34. The molecule has 0 saturated heterocycles. The highest BCUT2D eigenvalue weighted by atomic mass is 16.5. The first-order valence-corrected chi connectivity index (χ1v) is 13.4. The zero-order valence-electron chi connectivity index (χ0n) is 23.5. The molecule has 0 aliphatic rings. The molecular weight excluding hydrogens is 460 g/mol. The molecule has 37 heavy (non-hydrogen) atoms. The molecule has 0 radical (unpaired) electrons. The van der Waals surface area contributed by atoms with Crippen LogP contribution >= 0.6 is 0 Å². The van der Waals surface area contributed by atoms with E-state index in [1.165, 1.54) is 11.1 Å². The summed E-state index contributed by atoms with van der Waals surface area (Å²) in [4.78, 5) is 0. The van der Waals surface area contributed by atoms with Gasteiger partial charge >= 0.3 is 0 Å². The molecule has 0 aliphatic heterocycles. The second kappa shape index (κ2) is 12.4. The van der Waals surface area contributed by atoms with E-state index in [0.717, 1.165) is 60.4 Å². The summed E-state index contributed by atoms with van der Waals surface area (Å²) in [5, 5.41) is 24.4. The largest absolute Gasteiger partial charge is 0.493 e. The summed E-state index contributed by atoms with van der Waals surface area (Å²) in [5.74, 6) is 7.90. The number of unbranched alkanes of at least 4 members (excludes halogenated alkanes) is 1. The van der Waals surface area contributed by atoms with Crippen molar-refractivity contribution in [1.29, 1.82) is 0 Å². The fraction of sp³-hybridized carbons (Fsp3) is 0.516. The number of aromatic amines is 1. The summed E-state index contributed by atoms with van der Waals surface area (Å²) in [6.45, 7) is 15.4. The van der Waals surface area contributed by atoms with Gasteiger partial charge in [-0.2, -0.15) is 5.21 Å². The van der Waals surface area contributed by atoms with Gasteiger partial charge in [-0.1, -0.05) is 75.9 Å². The summed E-state index contributed by atoms with van der Waals surface area (Å²) in [7, 11) is 0. The maximum atomic E-state index is 10.3. The number of aliphatic hydroxyl groups excluding tert-OH is 1. The lowest BCUT2D eigenvalue weighted by atomic mass is 9.70. The van der Waals surface area contributed by atoms with Crippen molar-refractivity contribution >= 4 is 0 Å². The van der Waals surface area contributed by atoms with Gasteiger partial charge in [0.2, 0.25) is 0 Å². The van der Waals surface area contributed by atoms with Crippen molar-refractivity contribution in [1.82, 2.24) is 20.6 Å². The number of benzene rings is 2. The number of hydrogen-bond donors (Lipinski definition) is 2. The van der Waals surface area contributed by atoms with Crippen LogP contribution in [0.1, 0.15) is 93.9 Å². The van der Waals surface area contributed by atoms with Crippen molar-refractivity contribution in [2.45, 2.75) is 92.1 Å². The second-order valence-corrected chi connectivity index (χ2v) is 11.0. The molecule has 0 spiro atoms. The van der Waals surface area contributed by atoms with Crippen molar-refractivity contribution in [3.63, 3.8) is 0 Å². The number of nitrogens with one attached hydrogen (secondary N) is 1. The van der Waals surface area contributed by atoms with E-state index in [1.807, 2.05) is 20.8 Å². The highest BCUT2D eigenvalue weighted by molar-refractivity contribution is 5.50. The van der Waals surface area contributed by atoms with Crippen LogP contribution in [0.2, 0.25) is 0 Å². The first kappa shape index (κ1) is 28.4. The molecule has 2 N–H and O–H groups in total. The SMILES string of the molecule is CCC(CC)(c1ccc(C#CC(O)C(C)(C)C)c(C)c1)c1ccc(OCCCCc2nn[nH]n2)c(C)c1. The van der Waals surface area contributed by atoms with Gasteiger partial charge in [0.25, 0.3) is 0 Å². The summed E-state index contributed by atoms with van der Waals surface area (Å²) >= 11 is 0. The van der Waals surface area contributed by atoms with E-state index in [4.69, 9.17) is 4.74 Å². The number of ether oxygens (including phenoxy) is 1. The Balaban J connectivity index is 1.75. The standard InChI is InChI=1S/C31H42N4O2/c1-8-31(9-2,25-15-13-24(22(3)20-25)14-18-28(36)30(5,6)7)26-16-17-27(23(4)21-26)37-19-11-10-12-29-32-34-35-33-29/h13,15-17,20-21,28,36H,8-12,19H2,1-7H3,(H,32,33,34,35).